The Labute approximate surface area is 340 Å². The van der Waals surface area contributed by atoms with Crippen LogP contribution in [0.1, 0.15) is 56.4 Å². The first kappa shape index (κ1) is 46.2. The summed E-state index contributed by atoms with van der Waals surface area (Å²) >= 11 is 0. The predicted molar refractivity (Wildman–Crippen MR) is 225 cm³/mol. The van der Waals surface area contributed by atoms with E-state index in [1.807, 2.05) is 27.7 Å². The second-order valence-electron chi connectivity index (χ2n) is 15.3. The highest BCUT2D eigenvalue weighted by Gasteiger charge is 2.34. The maximum atomic E-state index is 14.3. The Kier molecular flexibility index (Phi) is 15.5. The lowest BCUT2D eigenvalue weighted by atomic mass is 10.1. The number of rotatable bonds is 20. The number of nitrogens with zero attached hydrogens (tertiary/aromatic N) is 2. The number of hydrogen-bond acceptors (Lipinski definition) is 8. The molecule has 0 aliphatic heterocycles. The van der Waals surface area contributed by atoms with Crippen LogP contribution in [0.3, 0.4) is 0 Å². The Balaban J connectivity index is 1.69. The Morgan fingerprint density at radius 1 is 0.421 bits per heavy atom. The van der Waals surface area contributed by atoms with Gasteiger partial charge in [0.05, 0.1) is 19.6 Å². The molecule has 0 aliphatic carbocycles. The van der Waals surface area contributed by atoms with Gasteiger partial charge in [-0.15, -0.1) is 0 Å². The lowest BCUT2D eigenvalue weighted by molar-refractivity contribution is 0.296. The van der Waals surface area contributed by atoms with Crippen molar-refractivity contribution in [3.8, 4) is 0 Å². The van der Waals surface area contributed by atoms with Crippen molar-refractivity contribution in [1.82, 2.24) is 18.1 Å². The molecule has 0 fully saturated rings. The minimum Gasteiger partial charge on any atom is -0.207 e. The fourth-order valence-corrected chi connectivity index (χ4v) is 11.7. The highest BCUT2D eigenvalue weighted by molar-refractivity contribution is 7.90. The van der Waals surface area contributed by atoms with Gasteiger partial charge in [-0.1, -0.05) is 98.5 Å². The Morgan fingerprint density at radius 2 is 0.667 bits per heavy atom. The maximum absolute atomic E-state index is 14.3. The summed E-state index contributed by atoms with van der Waals surface area (Å²) < 4.78 is 119. The van der Waals surface area contributed by atoms with Gasteiger partial charge in [0.2, 0.25) is 40.1 Å². The average molecular weight is 861 g/mol. The molecule has 312 valence electrons. The minimum absolute atomic E-state index is 0.00123. The molecule has 12 nitrogen and oxygen atoms in total. The number of hydrogen-bond donors (Lipinski definition) is 2. The van der Waals surface area contributed by atoms with Gasteiger partial charge in [-0.3, -0.25) is 0 Å². The first-order valence-electron chi connectivity index (χ1n) is 18.8. The van der Waals surface area contributed by atoms with E-state index in [-0.39, 0.29) is 64.0 Å². The van der Waals surface area contributed by atoms with E-state index in [1.54, 1.807) is 76.2 Å². The van der Waals surface area contributed by atoms with E-state index in [0.717, 1.165) is 22.3 Å². The molecular formula is C41H56N4O8S4. The van der Waals surface area contributed by atoms with Gasteiger partial charge in [-0.05, 0) is 94.5 Å². The van der Waals surface area contributed by atoms with Crippen molar-refractivity contribution in [1.29, 1.82) is 0 Å². The molecule has 4 aromatic carbocycles. The van der Waals surface area contributed by atoms with Crippen LogP contribution >= 0.6 is 0 Å². The van der Waals surface area contributed by atoms with Crippen molar-refractivity contribution >= 4 is 40.1 Å². The fraction of sp³-hybridized carbons (Fsp3) is 0.415. The monoisotopic (exact) mass is 860 g/mol. The summed E-state index contributed by atoms with van der Waals surface area (Å²) in [6.07, 6.45) is 0.00123. The molecule has 0 amide bonds. The zero-order valence-electron chi connectivity index (χ0n) is 33.9. The summed E-state index contributed by atoms with van der Waals surface area (Å²) in [7, 11) is -16.5. The number of aryl methyl sites for hydroxylation is 4. The van der Waals surface area contributed by atoms with E-state index in [4.69, 9.17) is 0 Å². The maximum Gasteiger partial charge on any atom is 0.243 e. The SMILES string of the molecule is Cc1ccc(S(=O)(=O)N[C@H](CN(CCCN(C[C@@H](NS(=O)(=O)c2ccc(C)cc2)C(C)C)S(=O)(=O)c2ccc(C)cc2)S(=O)(=O)c2ccc(C)cc2)C(C)C)cc1. The van der Waals surface area contributed by atoms with Crippen LogP contribution in [0.4, 0.5) is 0 Å². The van der Waals surface area contributed by atoms with Crippen LogP contribution in [0.2, 0.25) is 0 Å². The van der Waals surface area contributed by atoms with E-state index in [0.29, 0.717) is 0 Å². The van der Waals surface area contributed by atoms with Crippen LogP contribution in [0.25, 0.3) is 0 Å². The third-order valence-corrected chi connectivity index (χ3v) is 16.6. The summed E-state index contributed by atoms with van der Waals surface area (Å²) in [5, 5.41) is 0. The zero-order chi connectivity index (χ0) is 42.3. The Hall–Kier alpha value is -3.48. The van der Waals surface area contributed by atoms with Crippen molar-refractivity contribution in [2.24, 2.45) is 11.8 Å². The van der Waals surface area contributed by atoms with Crippen molar-refractivity contribution in [3.63, 3.8) is 0 Å². The highest BCUT2D eigenvalue weighted by atomic mass is 32.2. The van der Waals surface area contributed by atoms with E-state index in [2.05, 4.69) is 9.44 Å². The van der Waals surface area contributed by atoms with Crippen molar-refractivity contribution in [2.75, 3.05) is 26.2 Å². The molecule has 0 radical (unpaired) electrons. The lowest BCUT2D eigenvalue weighted by Gasteiger charge is -2.32. The van der Waals surface area contributed by atoms with Gasteiger partial charge in [-0.25, -0.2) is 43.1 Å². The van der Waals surface area contributed by atoms with Crippen LogP contribution in [0, 0.1) is 39.5 Å². The molecule has 0 aromatic heterocycles. The first-order chi connectivity index (χ1) is 26.5. The molecule has 0 heterocycles. The van der Waals surface area contributed by atoms with Gasteiger partial charge in [0.15, 0.2) is 0 Å². The van der Waals surface area contributed by atoms with Gasteiger partial charge in [0, 0.05) is 38.3 Å². The number of nitrogens with one attached hydrogen (secondary N) is 2. The van der Waals surface area contributed by atoms with Gasteiger partial charge in [-0.2, -0.15) is 8.61 Å². The van der Waals surface area contributed by atoms with Crippen molar-refractivity contribution in [2.45, 2.75) is 93.5 Å². The molecule has 0 spiro atoms. The summed E-state index contributed by atoms with van der Waals surface area (Å²) in [6, 6.07) is 23.6. The smallest absolute Gasteiger partial charge is 0.207 e. The minimum atomic E-state index is -4.22. The molecular weight excluding hydrogens is 805 g/mol. The Morgan fingerprint density at radius 3 is 0.912 bits per heavy atom. The normalized spacial score (nSPS) is 14.1. The van der Waals surface area contributed by atoms with Gasteiger partial charge in [0.25, 0.3) is 0 Å². The molecule has 0 saturated carbocycles. The first-order valence-corrected chi connectivity index (χ1v) is 24.7. The van der Waals surface area contributed by atoms with Crippen LogP contribution < -0.4 is 9.44 Å². The van der Waals surface area contributed by atoms with E-state index < -0.39 is 52.2 Å². The molecule has 57 heavy (non-hydrogen) atoms. The summed E-state index contributed by atoms with van der Waals surface area (Å²) in [5.74, 6) is -0.680. The predicted octanol–water partition coefficient (Wildman–Crippen LogP) is 6.00. The average Bonchev–Trinajstić information content (AvgIpc) is 3.13. The summed E-state index contributed by atoms with van der Waals surface area (Å²) in [5.41, 5.74) is 3.46. The number of benzene rings is 4. The second kappa shape index (κ2) is 19.1. The largest absolute Gasteiger partial charge is 0.243 e. The van der Waals surface area contributed by atoms with Crippen LogP contribution in [-0.4, -0.2) is 80.5 Å². The summed E-state index contributed by atoms with van der Waals surface area (Å²) in [4.78, 5) is 0.0979. The lowest BCUT2D eigenvalue weighted by Crippen LogP contribution is -2.50. The molecule has 4 rings (SSSR count). The quantitative estimate of drug-likeness (QED) is 0.109. The molecule has 4 aromatic rings. The van der Waals surface area contributed by atoms with Crippen LogP contribution in [0.5, 0.6) is 0 Å². The van der Waals surface area contributed by atoms with E-state index in [1.165, 1.54) is 57.1 Å². The molecule has 2 N–H and O–H groups in total. The van der Waals surface area contributed by atoms with Crippen LogP contribution in [-0.2, 0) is 40.1 Å². The molecule has 2 atom stereocenters. The van der Waals surface area contributed by atoms with Gasteiger partial charge < -0.3 is 0 Å². The molecule has 0 aliphatic rings. The molecule has 16 heteroatoms. The van der Waals surface area contributed by atoms with Gasteiger partial charge >= 0.3 is 0 Å². The van der Waals surface area contributed by atoms with Crippen molar-refractivity contribution < 1.29 is 33.7 Å². The topological polar surface area (TPSA) is 167 Å². The standard InChI is InChI=1S/C41H56N4O8S4/c1-30(2)40(42-54(46,47)36-18-10-32(5)11-19-36)28-44(56(50,51)38-22-14-34(7)15-23-38)26-9-27-45(57(52,53)39-24-16-35(8)17-25-39)29-41(31(3)4)43-55(48,49)37-20-12-33(6)13-21-37/h10-25,30-31,40-43H,9,26-29H2,1-8H3/t40-,41-/m1/s1. The van der Waals surface area contributed by atoms with Crippen LogP contribution in [0.15, 0.2) is 117 Å². The summed E-state index contributed by atoms with van der Waals surface area (Å²) in [6.45, 7) is 13.7. The van der Waals surface area contributed by atoms with E-state index >= 15 is 0 Å². The number of sulfonamides is 4. The Bertz CT molecular complexity index is 2210. The molecule has 0 unspecified atom stereocenters. The second-order valence-corrected chi connectivity index (χ2v) is 22.6. The third kappa shape index (κ3) is 12.3. The molecule has 0 bridgehead atoms. The highest BCUT2D eigenvalue weighted by Crippen LogP contribution is 2.23. The van der Waals surface area contributed by atoms with Gasteiger partial charge in [0.1, 0.15) is 0 Å². The fourth-order valence-electron chi connectivity index (χ4n) is 5.94. The molecule has 0 saturated heterocycles. The van der Waals surface area contributed by atoms with Crippen molar-refractivity contribution in [3.05, 3.63) is 119 Å². The zero-order valence-corrected chi connectivity index (χ0v) is 37.1. The van der Waals surface area contributed by atoms with E-state index in [9.17, 15) is 33.7 Å². The third-order valence-electron chi connectivity index (χ3n) is 9.82.